The molecule has 1 atom stereocenters. The molecule has 1 N–H and O–H groups in total. The van der Waals surface area contributed by atoms with E-state index in [0.29, 0.717) is 5.75 Å². The fraction of sp³-hybridized carbons (Fsp3) is 0.450. The van der Waals surface area contributed by atoms with E-state index in [1.165, 1.54) is 28.8 Å². The average molecular weight is 510 g/mol. The third-order valence-electron chi connectivity index (χ3n) is 4.48. The SMILES string of the molecule is CC(C)(C)OC(=O)N1CSCC1C(=O)Nc1ccc(-n2nc(C(F)(F)F)cc2C(F)(F)F)cc1. The van der Waals surface area contributed by atoms with Crippen LogP contribution < -0.4 is 5.32 Å². The van der Waals surface area contributed by atoms with Crippen LogP contribution in [0.15, 0.2) is 30.3 Å². The van der Waals surface area contributed by atoms with Crippen molar-refractivity contribution in [3.05, 3.63) is 41.7 Å². The van der Waals surface area contributed by atoms with Crippen molar-refractivity contribution in [1.29, 1.82) is 0 Å². The molecule has 7 nitrogen and oxygen atoms in total. The van der Waals surface area contributed by atoms with Gasteiger partial charge in [-0.25, -0.2) is 9.48 Å². The number of benzene rings is 1. The molecule has 14 heteroatoms. The largest absolute Gasteiger partial charge is 0.444 e. The molecule has 1 aliphatic heterocycles. The lowest BCUT2D eigenvalue weighted by atomic mass is 10.2. The topological polar surface area (TPSA) is 76.5 Å². The van der Waals surface area contributed by atoms with Crippen LogP contribution in [0.2, 0.25) is 0 Å². The summed E-state index contributed by atoms with van der Waals surface area (Å²) in [5, 5.41) is 5.60. The minimum Gasteiger partial charge on any atom is -0.444 e. The van der Waals surface area contributed by atoms with Gasteiger partial charge in [-0.05, 0) is 45.0 Å². The van der Waals surface area contributed by atoms with Crippen LogP contribution in [0.3, 0.4) is 0 Å². The van der Waals surface area contributed by atoms with Gasteiger partial charge in [-0.15, -0.1) is 11.8 Å². The number of ether oxygens (including phenoxy) is 1. The third-order valence-corrected chi connectivity index (χ3v) is 5.49. The van der Waals surface area contributed by atoms with Crippen LogP contribution in [0.5, 0.6) is 0 Å². The fourth-order valence-electron chi connectivity index (χ4n) is 2.99. The van der Waals surface area contributed by atoms with Gasteiger partial charge >= 0.3 is 18.4 Å². The number of amides is 2. The summed E-state index contributed by atoms with van der Waals surface area (Å²) in [6, 6.07) is 3.72. The number of nitrogens with zero attached hydrogens (tertiary/aromatic N) is 3. The van der Waals surface area contributed by atoms with Gasteiger partial charge in [-0.1, -0.05) is 0 Å². The number of carbonyl (C=O) groups excluding carboxylic acids is 2. The van der Waals surface area contributed by atoms with Gasteiger partial charge in [-0.3, -0.25) is 9.69 Å². The van der Waals surface area contributed by atoms with E-state index in [-0.39, 0.29) is 28.0 Å². The number of nitrogens with one attached hydrogen (secondary N) is 1. The van der Waals surface area contributed by atoms with Crippen LogP contribution in [-0.4, -0.2) is 50.0 Å². The summed E-state index contributed by atoms with van der Waals surface area (Å²) in [7, 11) is 0. The number of hydrogen-bond donors (Lipinski definition) is 1. The zero-order chi connectivity index (χ0) is 25.5. The first-order valence-corrected chi connectivity index (χ1v) is 10.9. The Labute approximate surface area is 194 Å². The molecule has 2 aromatic rings. The monoisotopic (exact) mass is 510 g/mol. The summed E-state index contributed by atoms with van der Waals surface area (Å²) in [4.78, 5) is 26.3. The predicted molar refractivity (Wildman–Crippen MR) is 111 cm³/mol. The second-order valence-electron chi connectivity index (χ2n) is 8.32. The highest BCUT2D eigenvalue weighted by Crippen LogP contribution is 2.36. The van der Waals surface area contributed by atoms with Crippen molar-refractivity contribution in [1.82, 2.24) is 14.7 Å². The zero-order valence-electron chi connectivity index (χ0n) is 18.1. The van der Waals surface area contributed by atoms with Gasteiger partial charge < -0.3 is 10.1 Å². The van der Waals surface area contributed by atoms with E-state index >= 15 is 0 Å². The van der Waals surface area contributed by atoms with E-state index in [2.05, 4.69) is 10.4 Å². The van der Waals surface area contributed by atoms with Gasteiger partial charge in [-0.2, -0.15) is 31.4 Å². The molecular weight excluding hydrogens is 490 g/mol. The first-order valence-electron chi connectivity index (χ1n) is 9.79. The van der Waals surface area contributed by atoms with Crippen molar-refractivity contribution in [3.63, 3.8) is 0 Å². The highest BCUT2D eigenvalue weighted by atomic mass is 32.2. The third kappa shape index (κ3) is 5.96. The Bertz CT molecular complexity index is 1060. The summed E-state index contributed by atoms with van der Waals surface area (Å²) < 4.78 is 83.8. The van der Waals surface area contributed by atoms with E-state index in [0.717, 1.165) is 12.1 Å². The van der Waals surface area contributed by atoms with E-state index in [1.54, 1.807) is 20.8 Å². The summed E-state index contributed by atoms with van der Waals surface area (Å²) in [6.45, 7) is 5.06. The molecule has 2 heterocycles. The minimum absolute atomic E-state index is 0.0707. The Morgan fingerprint density at radius 3 is 2.21 bits per heavy atom. The molecule has 0 aliphatic carbocycles. The molecule has 0 spiro atoms. The van der Waals surface area contributed by atoms with Gasteiger partial charge in [0.05, 0.1) is 11.6 Å². The number of anilines is 1. The van der Waals surface area contributed by atoms with E-state index < -0.39 is 47.4 Å². The fourth-order valence-corrected chi connectivity index (χ4v) is 4.13. The van der Waals surface area contributed by atoms with Gasteiger partial charge in [0.15, 0.2) is 5.69 Å². The standard InChI is InChI=1S/C20H20F6N4O3S/c1-18(2,3)33-17(32)29-10-34-9-13(29)16(31)27-11-4-6-12(7-5-11)30-15(20(24,25)26)8-14(28-30)19(21,22)23/h4-8,13H,9-10H2,1-3H3,(H,27,31). The molecule has 1 aliphatic rings. The molecule has 1 saturated heterocycles. The Morgan fingerprint density at radius 1 is 1.06 bits per heavy atom. The normalized spacial score (nSPS) is 17.1. The maximum atomic E-state index is 13.2. The van der Waals surface area contributed by atoms with Gasteiger partial charge in [0.25, 0.3) is 0 Å². The lowest BCUT2D eigenvalue weighted by molar-refractivity contribution is -0.143. The average Bonchev–Trinajstić information content (AvgIpc) is 3.34. The number of thioether (sulfide) groups is 1. The molecule has 1 aromatic carbocycles. The molecule has 34 heavy (non-hydrogen) atoms. The highest BCUT2D eigenvalue weighted by molar-refractivity contribution is 7.99. The first kappa shape index (κ1) is 25.7. The summed E-state index contributed by atoms with van der Waals surface area (Å²) in [6.07, 6.45) is -10.8. The van der Waals surface area contributed by atoms with E-state index in [4.69, 9.17) is 4.74 Å². The second-order valence-corrected chi connectivity index (χ2v) is 9.32. The molecule has 0 radical (unpaired) electrons. The minimum atomic E-state index is -5.07. The molecule has 0 bridgehead atoms. The zero-order valence-corrected chi connectivity index (χ0v) is 18.9. The lowest BCUT2D eigenvalue weighted by Gasteiger charge is -2.27. The van der Waals surface area contributed by atoms with Crippen LogP contribution in [0, 0.1) is 0 Å². The van der Waals surface area contributed by atoms with Crippen LogP contribution in [0.25, 0.3) is 5.69 Å². The Kier molecular flexibility index (Phi) is 6.84. The molecule has 1 aromatic heterocycles. The molecule has 186 valence electrons. The number of carbonyl (C=O) groups is 2. The second kappa shape index (κ2) is 9.04. The molecule has 1 fully saturated rings. The van der Waals surface area contributed by atoms with Crippen molar-refractivity contribution in [2.24, 2.45) is 0 Å². The lowest BCUT2D eigenvalue weighted by Crippen LogP contribution is -2.46. The van der Waals surface area contributed by atoms with Gasteiger partial charge in [0.2, 0.25) is 5.91 Å². The van der Waals surface area contributed by atoms with Crippen molar-refractivity contribution in [2.75, 3.05) is 16.9 Å². The Morgan fingerprint density at radius 2 is 1.68 bits per heavy atom. The van der Waals surface area contributed by atoms with Crippen molar-refractivity contribution in [2.45, 2.75) is 44.8 Å². The number of halogens is 6. The Balaban J connectivity index is 1.77. The van der Waals surface area contributed by atoms with Crippen molar-refractivity contribution in [3.8, 4) is 5.69 Å². The summed E-state index contributed by atoms with van der Waals surface area (Å²) in [5.41, 5.74) is -4.14. The van der Waals surface area contributed by atoms with Gasteiger partial charge in [0, 0.05) is 17.5 Å². The number of rotatable bonds is 3. The number of aromatic nitrogens is 2. The van der Waals surface area contributed by atoms with Crippen LogP contribution in [-0.2, 0) is 21.9 Å². The van der Waals surface area contributed by atoms with Crippen molar-refractivity contribution < 1.29 is 40.7 Å². The van der Waals surface area contributed by atoms with Crippen LogP contribution in [0.1, 0.15) is 32.2 Å². The van der Waals surface area contributed by atoms with Crippen LogP contribution in [0.4, 0.5) is 36.8 Å². The first-order chi connectivity index (χ1) is 15.6. The number of hydrogen-bond acceptors (Lipinski definition) is 5. The Hall–Kier alpha value is -2.90. The molecule has 0 saturated carbocycles. The highest BCUT2D eigenvalue weighted by Gasteiger charge is 2.42. The maximum absolute atomic E-state index is 13.2. The number of alkyl halides is 6. The molecule has 2 amide bonds. The van der Waals surface area contributed by atoms with Crippen LogP contribution >= 0.6 is 11.8 Å². The maximum Gasteiger partial charge on any atom is 0.435 e. The molecular formula is C20H20F6N4O3S. The summed E-state index contributed by atoms with van der Waals surface area (Å²) >= 11 is 1.35. The predicted octanol–water partition coefficient (Wildman–Crippen LogP) is 5.16. The quantitative estimate of drug-likeness (QED) is 0.578. The van der Waals surface area contributed by atoms with E-state index in [9.17, 15) is 35.9 Å². The molecule has 3 rings (SSSR count). The van der Waals surface area contributed by atoms with Gasteiger partial charge in [0.1, 0.15) is 17.3 Å². The van der Waals surface area contributed by atoms with Crippen molar-refractivity contribution >= 4 is 29.4 Å². The smallest absolute Gasteiger partial charge is 0.435 e. The van der Waals surface area contributed by atoms with E-state index in [1.807, 2.05) is 0 Å². The summed E-state index contributed by atoms with van der Waals surface area (Å²) in [5.74, 6) is 0.0107. The molecule has 1 unspecified atom stereocenters.